The number of aliphatic hydroxyl groups is 1. The standard InChI is InChI=1S/C16H17FN2O2/c1-10-8-14(6-7-15(10)17)19-16(21)18-13-5-3-4-12(9-13)11(2)20/h3-9,11,20H,1-2H3,(H2,18,19,21). The number of anilines is 2. The second kappa shape index (κ2) is 6.37. The van der Waals surface area contributed by atoms with Gasteiger partial charge in [-0.2, -0.15) is 0 Å². The van der Waals surface area contributed by atoms with E-state index < -0.39 is 12.1 Å². The Balaban J connectivity index is 2.04. The van der Waals surface area contributed by atoms with Crippen molar-refractivity contribution >= 4 is 17.4 Å². The highest BCUT2D eigenvalue weighted by Crippen LogP contribution is 2.18. The van der Waals surface area contributed by atoms with Gasteiger partial charge < -0.3 is 15.7 Å². The lowest BCUT2D eigenvalue weighted by Crippen LogP contribution is -2.19. The molecule has 2 aromatic rings. The van der Waals surface area contributed by atoms with Crippen LogP contribution in [-0.4, -0.2) is 11.1 Å². The lowest BCUT2D eigenvalue weighted by atomic mass is 10.1. The minimum absolute atomic E-state index is 0.314. The summed E-state index contributed by atoms with van der Waals surface area (Å²) in [6.07, 6.45) is -0.602. The van der Waals surface area contributed by atoms with E-state index in [-0.39, 0.29) is 5.82 Å². The quantitative estimate of drug-likeness (QED) is 0.803. The number of urea groups is 1. The molecule has 0 aliphatic carbocycles. The van der Waals surface area contributed by atoms with Crippen LogP contribution in [0.15, 0.2) is 42.5 Å². The molecule has 3 N–H and O–H groups in total. The molecule has 0 saturated heterocycles. The Kier molecular flexibility index (Phi) is 4.55. The number of hydrogen-bond donors (Lipinski definition) is 3. The Morgan fingerprint density at radius 3 is 2.43 bits per heavy atom. The normalized spacial score (nSPS) is 11.8. The van der Waals surface area contributed by atoms with Crippen molar-refractivity contribution in [3.8, 4) is 0 Å². The zero-order chi connectivity index (χ0) is 15.4. The number of aryl methyl sites for hydroxylation is 1. The molecule has 5 heteroatoms. The number of carbonyl (C=O) groups is 1. The zero-order valence-corrected chi connectivity index (χ0v) is 11.9. The molecule has 110 valence electrons. The van der Waals surface area contributed by atoms with Crippen molar-refractivity contribution in [3.05, 3.63) is 59.4 Å². The number of nitrogens with one attached hydrogen (secondary N) is 2. The molecule has 0 spiro atoms. The van der Waals surface area contributed by atoms with Gasteiger partial charge in [0.05, 0.1) is 6.10 Å². The van der Waals surface area contributed by atoms with Gasteiger partial charge in [-0.1, -0.05) is 12.1 Å². The highest BCUT2D eigenvalue weighted by Gasteiger charge is 2.06. The fraction of sp³-hybridized carbons (Fsp3) is 0.188. The van der Waals surface area contributed by atoms with E-state index in [4.69, 9.17) is 0 Å². The van der Waals surface area contributed by atoms with Crippen LogP contribution in [0.3, 0.4) is 0 Å². The molecule has 0 aliphatic rings. The molecule has 0 aliphatic heterocycles. The summed E-state index contributed by atoms with van der Waals surface area (Å²) in [5, 5.41) is 14.8. The maximum absolute atomic E-state index is 13.2. The Bertz CT molecular complexity index is 656. The second-order valence-corrected chi connectivity index (χ2v) is 4.84. The molecule has 0 aromatic heterocycles. The molecule has 1 atom stereocenters. The molecule has 2 amide bonds. The molecule has 2 rings (SSSR count). The summed E-state index contributed by atoms with van der Waals surface area (Å²) in [5.41, 5.74) is 2.26. The fourth-order valence-corrected chi connectivity index (χ4v) is 1.89. The number of rotatable bonds is 3. The van der Waals surface area contributed by atoms with Gasteiger partial charge in [-0.3, -0.25) is 0 Å². The van der Waals surface area contributed by atoms with Crippen LogP contribution in [0.5, 0.6) is 0 Å². The molecule has 2 aromatic carbocycles. The van der Waals surface area contributed by atoms with Crippen molar-refractivity contribution in [2.24, 2.45) is 0 Å². The van der Waals surface area contributed by atoms with E-state index in [0.717, 1.165) is 0 Å². The molecular formula is C16H17FN2O2. The number of carbonyl (C=O) groups excluding carboxylic acids is 1. The van der Waals surface area contributed by atoms with Gasteiger partial charge in [0.25, 0.3) is 0 Å². The van der Waals surface area contributed by atoms with Gasteiger partial charge in [-0.25, -0.2) is 9.18 Å². The molecule has 0 saturated carbocycles. The van der Waals surface area contributed by atoms with Gasteiger partial charge in [0.2, 0.25) is 0 Å². The third-order valence-electron chi connectivity index (χ3n) is 3.04. The third kappa shape index (κ3) is 4.03. The van der Waals surface area contributed by atoms with Crippen LogP contribution >= 0.6 is 0 Å². The van der Waals surface area contributed by atoms with E-state index in [1.165, 1.54) is 12.1 Å². The largest absolute Gasteiger partial charge is 0.389 e. The second-order valence-electron chi connectivity index (χ2n) is 4.84. The first-order valence-electron chi connectivity index (χ1n) is 6.58. The lowest BCUT2D eigenvalue weighted by molar-refractivity contribution is 0.199. The highest BCUT2D eigenvalue weighted by molar-refractivity contribution is 5.99. The molecule has 21 heavy (non-hydrogen) atoms. The van der Waals surface area contributed by atoms with Gasteiger partial charge in [0.1, 0.15) is 5.82 Å². The van der Waals surface area contributed by atoms with E-state index in [1.807, 2.05) is 0 Å². The number of benzene rings is 2. The molecular weight excluding hydrogens is 271 g/mol. The van der Waals surface area contributed by atoms with Gasteiger partial charge in [-0.05, 0) is 55.3 Å². The smallest absolute Gasteiger partial charge is 0.323 e. The number of amides is 2. The Morgan fingerprint density at radius 1 is 1.14 bits per heavy atom. The summed E-state index contributed by atoms with van der Waals surface area (Å²) in [4.78, 5) is 11.9. The van der Waals surface area contributed by atoms with Gasteiger partial charge in [-0.15, -0.1) is 0 Å². The summed E-state index contributed by atoms with van der Waals surface area (Å²) in [5.74, 6) is -0.314. The first kappa shape index (κ1) is 15.0. The van der Waals surface area contributed by atoms with E-state index >= 15 is 0 Å². The van der Waals surface area contributed by atoms with Crippen LogP contribution < -0.4 is 10.6 Å². The predicted octanol–water partition coefficient (Wildman–Crippen LogP) is 3.83. The molecule has 0 heterocycles. The average molecular weight is 288 g/mol. The minimum Gasteiger partial charge on any atom is -0.389 e. The first-order valence-corrected chi connectivity index (χ1v) is 6.58. The summed E-state index contributed by atoms with van der Waals surface area (Å²) in [6.45, 7) is 3.28. The van der Waals surface area contributed by atoms with Gasteiger partial charge in [0.15, 0.2) is 0 Å². The van der Waals surface area contributed by atoms with Crippen LogP contribution in [0.4, 0.5) is 20.6 Å². The lowest BCUT2D eigenvalue weighted by Gasteiger charge is -2.10. The molecule has 0 fully saturated rings. The molecule has 4 nitrogen and oxygen atoms in total. The monoisotopic (exact) mass is 288 g/mol. The van der Waals surface area contributed by atoms with Crippen molar-refractivity contribution < 1.29 is 14.3 Å². The van der Waals surface area contributed by atoms with Crippen molar-refractivity contribution in [2.75, 3.05) is 10.6 Å². The van der Waals surface area contributed by atoms with E-state index in [1.54, 1.807) is 44.2 Å². The Morgan fingerprint density at radius 2 is 1.81 bits per heavy atom. The SMILES string of the molecule is Cc1cc(NC(=O)Nc2cccc(C(C)O)c2)ccc1F. The van der Waals surface area contributed by atoms with Crippen LogP contribution in [0, 0.1) is 12.7 Å². The summed E-state index contributed by atoms with van der Waals surface area (Å²) in [6, 6.07) is 10.9. The Labute approximate surface area is 122 Å². The van der Waals surface area contributed by atoms with Crippen molar-refractivity contribution in [3.63, 3.8) is 0 Å². The number of hydrogen-bond acceptors (Lipinski definition) is 2. The van der Waals surface area contributed by atoms with Crippen molar-refractivity contribution in [1.29, 1.82) is 0 Å². The van der Waals surface area contributed by atoms with Crippen LogP contribution in [0.2, 0.25) is 0 Å². The summed E-state index contributed by atoms with van der Waals surface area (Å²) in [7, 11) is 0. The molecule has 0 bridgehead atoms. The first-order chi connectivity index (χ1) is 9.95. The topological polar surface area (TPSA) is 61.4 Å². The Hall–Kier alpha value is -2.40. The summed E-state index contributed by atoms with van der Waals surface area (Å²) < 4.78 is 13.2. The third-order valence-corrected chi connectivity index (χ3v) is 3.04. The van der Waals surface area contributed by atoms with Crippen LogP contribution in [0.25, 0.3) is 0 Å². The van der Waals surface area contributed by atoms with Crippen molar-refractivity contribution in [2.45, 2.75) is 20.0 Å². The predicted molar refractivity (Wildman–Crippen MR) is 80.9 cm³/mol. The van der Waals surface area contributed by atoms with Gasteiger partial charge >= 0.3 is 6.03 Å². The van der Waals surface area contributed by atoms with E-state index in [0.29, 0.717) is 22.5 Å². The molecule has 0 radical (unpaired) electrons. The fourth-order valence-electron chi connectivity index (χ4n) is 1.89. The van der Waals surface area contributed by atoms with Crippen LogP contribution in [-0.2, 0) is 0 Å². The summed E-state index contributed by atoms with van der Waals surface area (Å²) >= 11 is 0. The zero-order valence-electron chi connectivity index (χ0n) is 11.9. The van der Waals surface area contributed by atoms with Crippen LogP contribution in [0.1, 0.15) is 24.2 Å². The highest BCUT2D eigenvalue weighted by atomic mass is 19.1. The van der Waals surface area contributed by atoms with Crippen molar-refractivity contribution in [1.82, 2.24) is 0 Å². The minimum atomic E-state index is -0.602. The van der Waals surface area contributed by atoms with Gasteiger partial charge in [0, 0.05) is 11.4 Å². The molecule has 1 unspecified atom stereocenters. The maximum Gasteiger partial charge on any atom is 0.323 e. The van der Waals surface area contributed by atoms with E-state index in [2.05, 4.69) is 10.6 Å². The maximum atomic E-state index is 13.2. The average Bonchev–Trinajstić information content (AvgIpc) is 2.43. The number of halogens is 1. The number of aliphatic hydroxyl groups excluding tert-OH is 1. The van der Waals surface area contributed by atoms with E-state index in [9.17, 15) is 14.3 Å².